The molecule has 0 unspecified atom stereocenters. The number of hydrogen-bond donors (Lipinski definition) is 3. The fraction of sp³-hybridized carbons (Fsp3) is 0.762. The lowest BCUT2D eigenvalue weighted by Crippen LogP contribution is -2.51. The van der Waals surface area contributed by atoms with Crippen LogP contribution in [-0.4, -0.2) is 53.0 Å². The number of amides is 2. The van der Waals surface area contributed by atoms with E-state index in [0.717, 1.165) is 68.9 Å². The molecule has 9 nitrogen and oxygen atoms in total. The van der Waals surface area contributed by atoms with Crippen LogP contribution in [0.2, 0.25) is 0 Å². The molecule has 2 aliphatic carbocycles. The van der Waals surface area contributed by atoms with E-state index in [0.29, 0.717) is 5.92 Å². The molecule has 11 heteroatoms. The number of carboxylic acids is 1. The van der Waals surface area contributed by atoms with Gasteiger partial charge in [-0.1, -0.05) is 37.5 Å². The molecule has 1 aromatic heterocycles. The van der Waals surface area contributed by atoms with Crippen LogP contribution in [0.3, 0.4) is 0 Å². The van der Waals surface area contributed by atoms with Crippen molar-refractivity contribution in [2.24, 2.45) is 5.92 Å². The minimum Gasteiger partial charge on any atom is -0.480 e. The third-order valence-corrected chi connectivity index (χ3v) is 9.50. The van der Waals surface area contributed by atoms with Crippen molar-refractivity contribution in [1.29, 1.82) is 0 Å². The zero-order chi connectivity index (χ0) is 23.5. The number of nitrogens with one attached hydrogen (secondary N) is 2. The van der Waals surface area contributed by atoms with Crippen LogP contribution in [0.1, 0.15) is 78.6 Å². The van der Waals surface area contributed by atoms with Gasteiger partial charge in [0.2, 0.25) is 0 Å². The molecule has 2 saturated carbocycles. The summed E-state index contributed by atoms with van der Waals surface area (Å²) < 4.78 is 27.2. The summed E-state index contributed by atoms with van der Waals surface area (Å²) >= 11 is 0.819. The number of carbonyl (C=O) groups excluding carboxylic acids is 1. The van der Waals surface area contributed by atoms with Crippen LogP contribution in [-0.2, 0) is 14.8 Å². The van der Waals surface area contributed by atoms with Crippen molar-refractivity contribution in [2.75, 3.05) is 5.32 Å². The van der Waals surface area contributed by atoms with Gasteiger partial charge < -0.3 is 10.0 Å². The summed E-state index contributed by atoms with van der Waals surface area (Å²) in [6.45, 7) is 4.78. The van der Waals surface area contributed by atoms with Crippen molar-refractivity contribution in [3.63, 3.8) is 0 Å². The molecule has 0 saturated heterocycles. The van der Waals surface area contributed by atoms with Gasteiger partial charge in [0.15, 0.2) is 9.34 Å². The number of rotatable bonds is 7. The second-order valence-corrected chi connectivity index (χ2v) is 12.5. The maximum atomic E-state index is 13.3. The zero-order valence-corrected chi connectivity index (χ0v) is 20.6. The number of carbonyl (C=O) groups is 2. The lowest BCUT2D eigenvalue weighted by molar-refractivity contribution is -0.142. The first-order chi connectivity index (χ1) is 15.0. The van der Waals surface area contributed by atoms with Crippen LogP contribution in [0.4, 0.5) is 9.93 Å². The van der Waals surface area contributed by atoms with E-state index < -0.39 is 21.5 Å². The molecule has 0 radical (unpaired) electrons. The van der Waals surface area contributed by atoms with E-state index in [2.05, 4.69) is 21.9 Å². The van der Waals surface area contributed by atoms with Gasteiger partial charge >= 0.3 is 12.0 Å². The van der Waals surface area contributed by atoms with Gasteiger partial charge in [-0.3, -0.25) is 10.1 Å². The fourth-order valence-corrected chi connectivity index (χ4v) is 6.93. The molecule has 1 aromatic rings. The molecular formula is C21H34N4O5S2. The van der Waals surface area contributed by atoms with Crippen molar-refractivity contribution in [3.05, 3.63) is 6.20 Å². The minimum atomic E-state index is -4.09. The molecule has 0 spiro atoms. The summed E-state index contributed by atoms with van der Waals surface area (Å²) in [5, 5.41) is 12.2. The average Bonchev–Trinajstić information content (AvgIpc) is 3.19. The van der Waals surface area contributed by atoms with Crippen molar-refractivity contribution in [1.82, 2.24) is 14.6 Å². The maximum absolute atomic E-state index is 13.3. The number of aliphatic carboxylic acids is 1. The van der Waals surface area contributed by atoms with Gasteiger partial charge in [0, 0.05) is 12.1 Å². The topological polar surface area (TPSA) is 129 Å². The van der Waals surface area contributed by atoms with Gasteiger partial charge in [0.25, 0.3) is 10.0 Å². The predicted molar refractivity (Wildman–Crippen MR) is 123 cm³/mol. The van der Waals surface area contributed by atoms with E-state index in [1.165, 1.54) is 20.3 Å². The smallest absolute Gasteiger partial charge is 0.324 e. The average molecular weight is 487 g/mol. The van der Waals surface area contributed by atoms with Crippen molar-refractivity contribution < 1.29 is 23.1 Å². The molecule has 2 fully saturated rings. The number of nitrogens with zero attached hydrogens (tertiary/aromatic N) is 2. The number of sulfonamides is 1. The molecule has 3 rings (SSSR count). The quantitative estimate of drug-likeness (QED) is 0.534. The number of carboxylic acid groups (broad SMARTS) is 1. The molecule has 0 atom stereocenters. The van der Waals surface area contributed by atoms with Crippen LogP contribution in [0, 0.1) is 5.92 Å². The first-order valence-electron chi connectivity index (χ1n) is 11.3. The van der Waals surface area contributed by atoms with E-state index in [1.54, 1.807) is 0 Å². The summed E-state index contributed by atoms with van der Waals surface area (Å²) in [5.74, 6) is -0.610. The Labute approximate surface area is 194 Å². The standard InChI is InChI=1S/C21H34N4O5S2/c1-14-9-11-16(12-10-14)25(15-7-5-4-6-8-15)20(28)23-19-22-13-17(31-19)32(29,30)24-21(2,3)18(26)27/h13-16,24H,4-12H2,1-3H3,(H,26,27)(H,22,23,28). The van der Waals surface area contributed by atoms with Gasteiger partial charge in [-0.15, -0.1) is 0 Å². The van der Waals surface area contributed by atoms with Crippen LogP contribution in [0.15, 0.2) is 10.4 Å². The molecule has 0 aromatic carbocycles. The van der Waals surface area contributed by atoms with Gasteiger partial charge in [-0.25, -0.2) is 18.2 Å². The highest BCUT2D eigenvalue weighted by Crippen LogP contribution is 2.33. The highest BCUT2D eigenvalue weighted by Gasteiger charge is 2.36. The zero-order valence-electron chi connectivity index (χ0n) is 19.0. The predicted octanol–water partition coefficient (Wildman–Crippen LogP) is 4.03. The highest BCUT2D eigenvalue weighted by molar-refractivity contribution is 7.91. The lowest BCUT2D eigenvalue weighted by Gasteiger charge is -2.42. The van der Waals surface area contributed by atoms with E-state index in [9.17, 15) is 23.1 Å². The fourth-order valence-electron chi connectivity index (χ4n) is 4.54. The van der Waals surface area contributed by atoms with Crippen LogP contribution < -0.4 is 10.0 Å². The van der Waals surface area contributed by atoms with Crippen LogP contribution in [0.5, 0.6) is 0 Å². The summed E-state index contributed by atoms with van der Waals surface area (Å²) in [6, 6.07) is 0.160. The summed E-state index contributed by atoms with van der Waals surface area (Å²) in [6.07, 6.45) is 10.7. The van der Waals surface area contributed by atoms with E-state index in [-0.39, 0.29) is 27.5 Å². The molecule has 0 bridgehead atoms. The molecule has 2 amide bonds. The largest absolute Gasteiger partial charge is 0.480 e. The Morgan fingerprint density at radius 3 is 2.28 bits per heavy atom. The Bertz CT molecular complexity index is 916. The Balaban J connectivity index is 1.74. The third-order valence-electron chi connectivity index (χ3n) is 6.47. The third kappa shape index (κ3) is 5.99. The highest BCUT2D eigenvalue weighted by atomic mass is 32.2. The second kappa shape index (κ2) is 10.0. The summed E-state index contributed by atoms with van der Waals surface area (Å²) in [4.78, 5) is 30.7. The lowest BCUT2D eigenvalue weighted by atomic mass is 9.84. The normalized spacial score (nSPS) is 23.0. The van der Waals surface area contributed by atoms with Gasteiger partial charge in [0.1, 0.15) is 5.54 Å². The first-order valence-corrected chi connectivity index (χ1v) is 13.6. The second-order valence-electron chi connectivity index (χ2n) is 9.56. The number of aromatic nitrogens is 1. The van der Waals surface area contributed by atoms with Gasteiger partial charge in [-0.05, 0) is 58.3 Å². The van der Waals surface area contributed by atoms with E-state index >= 15 is 0 Å². The van der Waals surface area contributed by atoms with Crippen molar-refractivity contribution in [3.8, 4) is 0 Å². The Hall–Kier alpha value is -1.72. The monoisotopic (exact) mass is 486 g/mol. The molecule has 1 heterocycles. The van der Waals surface area contributed by atoms with Crippen LogP contribution >= 0.6 is 11.3 Å². The number of thiazole rings is 1. The molecule has 3 N–H and O–H groups in total. The Morgan fingerprint density at radius 1 is 1.09 bits per heavy atom. The number of urea groups is 1. The number of anilines is 1. The SMILES string of the molecule is CC1CCC(N(C(=O)Nc2ncc(S(=O)(=O)NC(C)(C)C(=O)O)s2)C2CCCCC2)CC1. The Kier molecular flexibility index (Phi) is 7.82. The van der Waals surface area contributed by atoms with E-state index in [1.807, 2.05) is 4.90 Å². The van der Waals surface area contributed by atoms with Crippen molar-refractivity contribution in [2.45, 2.75) is 100 Å². The molecular weight excluding hydrogens is 452 g/mol. The maximum Gasteiger partial charge on any atom is 0.324 e. The molecule has 32 heavy (non-hydrogen) atoms. The van der Waals surface area contributed by atoms with E-state index in [4.69, 9.17) is 0 Å². The molecule has 0 aliphatic heterocycles. The minimum absolute atomic E-state index is 0.141. The van der Waals surface area contributed by atoms with Crippen LogP contribution in [0.25, 0.3) is 0 Å². The molecule has 180 valence electrons. The van der Waals surface area contributed by atoms with Gasteiger partial charge in [0.05, 0.1) is 6.20 Å². The molecule has 2 aliphatic rings. The Morgan fingerprint density at radius 2 is 1.69 bits per heavy atom. The first kappa shape index (κ1) is 24.9. The van der Waals surface area contributed by atoms with Gasteiger partial charge in [-0.2, -0.15) is 4.72 Å². The van der Waals surface area contributed by atoms with Crippen molar-refractivity contribution >= 4 is 38.5 Å². The summed E-state index contributed by atoms with van der Waals surface area (Å²) in [5.41, 5.74) is -1.66. The number of hydrogen-bond acceptors (Lipinski definition) is 6. The summed E-state index contributed by atoms with van der Waals surface area (Å²) in [7, 11) is -4.09.